The fourth-order valence-electron chi connectivity index (χ4n) is 1.94. The van der Waals surface area contributed by atoms with Crippen LogP contribution in [0.2, 0.25) is 0 Å². The number of rotatable bonds is 4. The molecule has 1 heterocycles. The van der Waals surface area contributed by atoms with Crippen molar-refractivity contribution in [3.8, 4) is 11.5 Å². The normalized spacial score (nSPS) is 12.5. The Labute approximate surface area is 124 Å². The van der Waals surface area contributed by atoms with Crippen molar-refractivity contribution in [2.75, 3.05) is 5.32 Å². The molecule has 3 N–H and O–H groups in total. The molecule has 1 amide bonds. The second kappa shape index (κ2) is 6.10. The standard InChI is InChI=1S/C16H21N3O2/c1-9(2)14(17)15(20)19-12-6-5-10(3)13(7-12)16-18-11(4)8-21-16/h5-9,14H,17H2,1-4H3,(H,19,20)/t14-/m0/s1. The summed E-state index contributed by atoms with van der Waals surface area (Å²) < 4.78 is 5.43. The van der Waals surface area contributed by atoms with Gasteiger partial charge >= 0.3 is 0 Å². The van der Waals surface area contributed by atoms with E-state index in [4.69, 9.17) is 10.2 Å². The molecule has 2 rings (SSSR count). The average Bonchev–Trinajstić information content (AvgIpc) is 2.86. The van der Waals surface area contributed by atoms with Crippen molar-refractivity contribution in [2.45, 2.75) is 33.7 Å². The number of nitrogens with two attached hydrogens (primary N) is 1. The summed E-state index contributed by atoms with van der Waals surface area (Å²) in [7, 11) is 0. The van der Waals surface area contributed by atoms with Gasteiger partial charge < -0.3 is 15.5 Å². The van der Waals surface area contributed by atoms with Crippen molar-refractivity contribution in [3.05, 3.63) is 35.7 Å². The van der Waals surface area contributed by atoms with Gasteiger partial charge in [-0.2, -0.15) is 0 Å². The number of hydrogen-bond acceptors (Lipinski definition) is 4. The summed E-state index contributed by atoms with van der Waals surface area (Å²) in [6.07, 6.45) is 1.61. The zero-order valence-corrected chi connectivity index (χ0v) is 12.8. The third kappa shape index (κ3) is 3.49. The van der Waals surface area contributed by atoms with Gasteiger partial charge in [-0.25, -0.2) is 4.98 Å². The fraction of sp³-hybridized carbons (Fsp3) is 0.375. The summed E-state index contributed by atoms with van der Waals surface area (Å²) in [6, 6.07) is 5.09. The first kappa shape index (κ1) is 15.3. The number of carbonyl (C=O) groups is 1. The van der Waals surface area contributed by atoms with Crippen LogP contribution in [0.15, 0.2) is 28.9 Å². The Morgan fingerprint density at radius 1 is 1.33 bits per heavy atom. The van der Waals surface area contributed by atoms with E-state index in [9.17, 15) is 4.79 Å². The third-order valence-corrected chi connectivity index (χ3v) is 3.38. The van der Waals surface area contributed by atoms with Crippen molar-refractivity contribution in [3.63, 3.8) is 0 Å². The SMILES string of the molecule is Cc1coc(-c2cc(NC(=O)[C@@H](N)C(C)C)ccc2C)n1. The predicted octanol–water partition coefficient (Wildman–Crippen LogP) is 2.88. The lowest BCUT2D eigenvalue weighted by atomic mass is 10.0. The van der Waals surface area contributed by atoms with Crippen LogP contribution in [0.25, 0.3) is 11.5 Å². The van der Waals surface area contributed by atoms with Crippen LogP contribution in [0.5, 0.6) is 0 Å². The van der Waals surface area contributed by atoms with Gasteiger partial charge in [-0.05, 0) is 37.5 Å². The molecule has 0 aliphatic carbocycles. The van der Waals surface area contributed by atoms with Crippen LogP contribution < -0.4 is 11.1 Å². The smallest absolute Gasteiger partial charge is 0.241 e. The van der Waals surface area contributed by atoms with Crippen LogP contribution in [-0.2, 0) is 4.79 Å². The molecule has 0 unspecified atom stereocenters. The van der Waals surface area contributed by atoms with E-state index in [-0.39, 0.29) is 11.8 Å². The molecule has 0 saturated carbocycles. The van der Waals surface area contributed by atoms with Crippen molar-refractivity contribution in [1.29, 1.82) is 0 Å². The number of aromatic nitrogens is 1. The quantitative estimate of drug-likeness (QED) is 0.906. The number of oxazole rings is 1. The molecule has 0 spiro atoms. The van der Waals surface area contributed by atoms with Gasteiger partial charge in [-0.1, -0.05) is 19.9 Å². The number of carbonyl (C=O) groups excluding carboxylic acids is 1. The maximum absolute atomic E-state index is 12.0. The molecule has 5 nitrogen and oxygen atoms in total. The zero-order chi connectivity index (χ0) is 15.6. The molecule has 1 aromatic carbocycles. The lowest BCUT2D eigenvalue weighted by Gasteiger charge is -2.16. The number of benzene rings is 1. The second-order valence-corrected chi connectivity index (χ2v) is 5.58. The van der Waals surface area contributed by atoms with E-state index >= 15 is 0 Å². The van der Waals surface area contributed by atoms with E-state index in [0.29, 0.717) is 11.6 Å². The highest BCUT2D eigenvalue weighted by atomic mass is 16.3. The fourth-order valence-corrected chi connectivity index (χ4v) is 1.94. The lowest BCUT2D eigenvalue weighted by molar-refractivity contribution is -0.118. The van der Waals surface area contributed by atoms with Gasteiger partial charge in [0, 0.05) is 11.3 Å². The highest BCUT2D eigenvalue weighted by molar-refractivity contribution is 5.95. The van der Waals surface area contributed by atoms with E-state index in [0.717, 1.165) is 16.8 Å². The van der Waals surface area contributed by atoms with Crippen LogP contribution in [0.3, 0.4) is 0 Å². The van der Waals surface area contributed by atoms with Gasteiger partial charge in [0.1, 0.15) is 6.26 Å². The van der Waals surface area contributed by atoms with Crippen molar-refractivity contribution >= 4 is 11.6 Å². The summed E-state index contributed by atoms with van der Waals surface area (Å²) in [5.41, 5.74) is 9.25. The monoisotopic (exact) mass is 287 g/mol. The molecule has 0 bridgehead atoms. The van der Waals surface area contributed by atoms with Crippen LogP contribution in [-0.4, -0.2) is 16.9 Å². The topological polar surface area (TPSA) is 81.2 Å². The van der Waals surface area contributed by atoms with E-state index in [2.05, 4.69) is 10.3 Å². The Bertz CT molecular complexity index is 647. The molecule has 0 aliphatic rings. The van der Waals surface area contributed by atoms with E-state index in [1.807, 2.05) is 45.9 Å². The van der Waals surface area contributed by atoms with Crippen molar-refractivity contribution in [1.82, 2.24) is 4.98 Å². The molecule has 0 radical (unpaired) electrons. The Morgan fingerprint density at radius 3 is 2.62 bits per heavy atom. The molecule has 21 heavy (non-hydrogen) atoms. The number of amides is 1. The Kier molecular flexibility index (Phi) is 4.43. The first-order chi connectivity index (χ1) is 9.88. The number of anilines is 1. The Hall–Kier alpha value is -2.14. The van der Waals surface area contributed by atoms with Crippen molar-refractivity contribution in [2.24, 2.45) is 11.7 Å². The van der Waals surface area contributed by atoms with Crippen LogP contribution in [0.1, 0.15) is 25.1 Å². The molecule has 0 fully saturated rings. The van der Waals surface area contributed by atoms with Crippen molar-refractivity contribution < 1.29 is 9.21 Å². The number of nitrogens with one attached hydrogen (secondary N) is 1. The average molecular weight is 287 g/mol. The number of nitrogens with zero attached hydrogens (tertiary/aromatic N) is 1. The van der Waals surface area contributed by atoms with Gasteiger partial charge in [-0.15, -0.1) is 0 Å². The summed E-state index contributed by atoms with van der Waals surface area (Å²) in [5.74, 6) is 0.446. The number of hydrogen-bond donors (Lipinski definition) is 2. The summed E-state index contributed by atoms with van der Waals surface area (Å²) in [4.78, 5) is 16.3. The molecule has 2 aromatic rings. The maximum Gasteiger partial charge on any atom is 0.241 e. The minimum Gasteiger partial charge on any atom is -0.444 e. The van der Waals surface area contributed by atoms with E-state index < -0.39 is 6.04 Å². The van der Waals surface area contributed by atoms with Gasteiger partial charge in [0.05, 0.1) is 11.7 Å². The molecule has 112 valence electrons. The summed E-state index contributed by atoms with van der Waals surface area (Å²) in [6.45, 7) is 7.68. The van der Waals surface area contributed by atoms with Gasteiger partial charge in [-0.3, -0.25) is 4.79 Å². The van der Waals surface area contributed by atoms with Crippen LogP contribution >= 0.6 is 0 Å². The Morgan fingerprint density at radius 2 is 2.05 bits per heavy atom. The molecule has 1 atom stereocenters. The molecule has 0 aliphatic heterocycles. The summed E-state index contributed by atoms with van der Waals surface area (Å²) in [5, 5.41) is 2.83. The van der Waals surface area contributed by atoms with E-state index in [1.165, 1.54) is 0 Å². The van der Waals surface area contributed by atoms with Crippen LogP contribution in [0, 0.1) is 19.8 Å². The van der Waals surface area contributed by atoms with Gasteiger partial charge in [0.2, 0.25) is 11.8 Å². The Balaban J connectivity index is 2.25. The first-order valence-corrected chi connectivity index (χ1v) is 6.98. The molecular formula is C16H21N3O2. The highest BCUT2D eigenvalue weighted by Crippen LogP contribution is 2.26. The minimum atomic E-state index is -0.529. The van der Waals surface area contributed by atoms with Gasteiger partial charge in [0.15, 0.2) is 0 Å². The lowest BCUT2D eigenvalue weighted by Crippen LogP contribution is -2.39. The molecule has 5 heteroatoms. The third-order valence-electron chi connectivity index (χ3n) is 3.38. The van der Waals surface area contributed by atoms with Crippen LogP contribution in [0.4, 0.5) is 5.69 Å². The van der Waals surface area contributed by atoms with E-state index in [1.54, 1.807) is 6.26 Å². The first-order valence-electron chi connectivity index (χ1n) is 6.98. The molecular weight excluding hydrogens is 266 g/mol. The minimum absolute atomic E-state index is 0.0873. The highest BCUT2D eigenvalue weighted by Gasteiger charge is 2.18. The predicted molar refractivity (Wildman–Crippen MR) is 82.9 cm³/mol. The maximum atomic E-state index is 12.0. The summed E-state index contributed by atoms with van der Waals surface area (Å²) >= 11 is 0. The number of aryl methyl sites for hydroxylation is 2. The molecule has 0 saturated heterocycles. The van der Waals surface area contributed by atoms with Gasteiger partial charge in [0.25, 0.3) is 0 Å². The largest absolute Gasteiger partial charge is 0.444 e. The zero-order valence-electron chi connectivity index (χ0n) is 12.8. The second-order valence-electron chi connectivity index (χ2n) is 5.58. The molecule has 1 aromatic heterocycles.